The zero-order chi connectivity index (χ0) is 16.3. The summed E-state index contributed by atoms with van der Waals surface area (Å²) < 4.78 is 26.9. The number of pyridine rings is 1. The van der Waals surface area contributed by atoms with Crippen LogP contribution in [0.5, 0.6) is 0 Å². The molecular formula is C14H16N2O4S2. The first-order valence-corrected chi connectivity index (χ1v) is 8.87. The maximum absolute atomic E-state index is 12.8. The Morgan fingerprint density at radius 1 is 1.41 bits per heavy atom. The van der Waals surface area contributed by atoms with Crippen LogP contribution >= 0.6 is 11.3 Å². The molecule has 0 saturated carbocycles. The molecule has 2 rings (SSSR count). The Bertz CT molecular complexity index is 755. The van der Waals surface area contributed by atoms with Crippen molar-refractivity contribution in [3.63, 3.8) is 0 Å². The molecule has 0 aliphatic carbocycles. The van der Waals surface area contributed by atoms with E-state index < -0.39 is 16.0 Å². The van der Waals surface area contributed by atoms with Crippen molar-refractivity contribution in [3.05, 3.63) is 46.4 Å². The molecule has 2 aromatic heterocycles. The molecule has 0 atom stereocenters. The minimum atomic E-state index is -3.82. The van der Waals surface area contributed by atoms with Gasteiger partial charge in [0.15, 0.2) is 0 Å². The number of carboxylic acid groups (broad SMARTS) is 1. The average Bonchev–Trinajstić information content (AvgIpc) is 2.97. The van der Waals surface area contributed by atoms with Crippen molar-refractivity contribution in [2.24, 2.45) is 0 Å². The van der Waals surface area contributed by atoms with Crippen LogP contribution in [0.4, 0.5) is 0 Å². The maximum Gasteiger partial charge on any atom is 0.337 e. The largest absolute Gasteiger partial charge is 0.478 e. The fourth-order valence-corrected chi connectivity index (χ4v) is 4.30. The van der Waals surface area contributed by atoms with Crippen molar-refractivity contribution >= 4 is 27.3 Å². The second-order valence-electron chi connectivity index (χ2n) is 4.94. The lowest BCUT2D eigenvalue weighted by Gasteiger charge is -2.25. The summed E-state index contributed by atoms with van der Waals surface area (Å²) in [6.07, 6.45) is 2.30. The van der Waals surface area contributed by atoms with Crippen molar-refractivity contribution in [2.45, 2.75) is 31.3 Å². The van der Waals surface area contributed by atoms with E-state index >= 15 is 0 Å². The highest BCUT2D eigenvalue weighted by Crippen LogP contribution is 2.23. The number of sulfonamides is 1. The van der Waals surface area contributed by atoms with Gasteiger partial charge >= 0.3 is 5.97 Å². The fourth-order valence-electron chi connectivity index (χ4n) is 1.91. The van der Waals surface area contributed by atoms with Gasteiger partial charge in [-0.15, -0.1) is 11.3 Å². The number of rotatable bonds is 6. The first kappa shape index (κ1) is 16.6. The zero-order valence-electron chi connectivity index (χ0n) is 12.1. The lowest BCUT2D eigenvalue weighted by molar-refractivity contribution is 0.0696. The third-order valence-electron chi connectivity index (χ3n) is 3.03. The van der Waals surface area contributed by atoms with E-state index in [2.05, 4.69) is 4.98 Å². The van der Waals surface area contributed by atoms with Gasteiger partial charge in [-0.05, 0) is 31.4 Å². The van der Waals surface area contributed by atoms with Crippen LogP contribution in [0.25, 0.3) is 0 Å². The number of aromatic carboxylic acids is 1. The average molecular weight is 340 g/mol. The fraction of sp³-hybridized carbons (Fsp3) is 0.286. The Kier molecular flexibility index (Phi) is 4.94. The van der Waals surface area contributed by atoms with Crippen LogP contribution in [0.2, 0.25) is 0 Å². The van der Waals surface area contributed by atoms with Crippen molar-refractivity contribution < 1.29 is 18.3 Å². The predicted molar refractivity (Wildman–Crippen MR) is 83.4 cm³/mol. The number of carboxylic acids is 1. The second kappa shape index (κ2) is 6.55. The van der Waals surface area contributed by atoms with Gasteiger partial charge < -0.3 is 5.11 Å². The summed E-state index contributed by atoms with van der Waals surface area (Å²) in [5.41, 5.74) is -0.152. The quantitative estimate of drug-likeness (QED) is 0.872. The summed E-state index contributed by atoms with van der Waals surface area (Å²) in [6, 6.07) is 4.59. The van der Waals surface area contributed by atoms with Gasteiger partial charge in [0, 0.05) is 29.9 Å². The topological polar surface area (TPSA) is 87.6 Å². The van der Waals surface area contributed by atoms with Gasteiger partial charge in [-0.25, -0.2) is 13.2 Å². The first-order valence-electron chi connectivity index (χ1n) is 6.55. The molecule has 0 saturated heterocycles. The molecule has 1 N–H and O–H groups in total. The summed E-state index contributed by atoms with van der Waals surface area (Å²) in [7, 11) is -3.82. The van der Waals surface area contributed by atoms with Gasteiger partial charge in [0.25, 0.3) is 0 Å². The molecule has 2 heterocycles. The van der Waals surface area contributed by atoms with Crippen LogP contribution in [0.3, 0.4) is 0 Å². The third kappa shape index (κ3) is 3.52. The molecule has 0 aliphatic heterocycles. The normalized spacial score (nSPS) is 12.0. The van der Waals surface area contributed by atoms with Crippen LogP contribution in [-0.2, 0) is 16.6 Å². The molecule has 0 amide bonds. The van der Waals surface area contributed by atoms with Crippen LogP contribution in [0.15, 0.2) is 40.9 Å². The van der Waals surface area contributed by atoms with E-state index in [1.807, 2.05) is 17.5 Å². The highest BCUT2D eigenvalue weighted by atomic mass is 32.2. The van der Waals surface area contributed by atoms with Gasteiger partial charge in [0.05, 0.1) is 5.56 Å². The Hall–Kier alpha value is -1.77. The van der Waals surface area contributed by atoms with Crippen LogP contribution in [0, 0.1) is 0 Å². The lowest BCUT2D eigenvalue weighted by Crippen LogP contribution is -2.36. The molecule has 0 fully saturated rings. The van der Waals surface area contributed by atoms with Crippen LogP contribution in [-0.4, -0.2) is 34.8 Å². The van der Waals surface area contributed by atoms with E-state index in [0.29, 0.717) is 0 Å². The molecule has 0 unspecified atom stereocenters. The van der Waals surface area contributed by atoms with Gasteiger partial charge in [-0.1, -0.05) is 6.07 Å². The van der Waals surface area contributed by atoms with Gasteiger partial charge in [0.2, 0.25) is 10.0 Å². The number of carbonyl (C=O) groups is 1. The molecule has 118 valence electrons. The van der Waals surface area contributed by atoms with Crippen molar-refractivity contribution in [2.75, 3.05) is 0 Å². The van der Waals surface area contributed by atoms with Gasteiger partial charge in [-0.3, -0.25) is 4.98 Å². The van der Waals surface area contributed by atoms with Crippen LogP contribution in [0.1, 0.15) is 29.1 Å². The molecule has 2 aromatic rings. The Morgan fingerprint density at radius 2 is 2.14 bits per heavy atom. The molecule has 22 heavy (non-hydrogen) atoms. The summed E-state index contributed by atoms with van der Waals surface area (Å²) in [5, 5.41) is 10.9. The number of aromatic nitrogens is 1. The Balaban J connectivity index is 2.41. The molecule has 0 bridgehead atoms. The Morgan fingerprint density at radius 3 is 2.68 bits per heavy atom. The minimum Gasteiger partial charge on any atom is -0.478 e. The number of hydrogen-bond donors (Lipinski definition) is 1. The SMILES string of the molecule is CC(C)N(Cc1cccs1)S(=O)(=O)c1cncc(C(=O)O)c1. The van der Waals surface area contributed by atoms with Crippen molar-refractivity contribution in [1.82, 2.24) is 9.29 Å². The van der Waals surface area contributed by atoms with Gasteiger partial charge in [0.1, 0.15) is 4.90 Å². The molecule has 0 radical (unpaired) electrons. The van der Waals surface area contributed by atoms with Crippen molar-refractivity contribution in [3.8, 4) is 0 Å². The standard InChI is InChI=1S/C14H16N2O4S2/c1-10(2)16(9-12-4-3-5-21-12)22(19,20)13-6-11(14(17)18)7-15-8-13/h3-8,10H,9H2,1-2H3,(H,17,18). The summed E-state index contributed by atoms with van der Waals surface area (Å²) in [6.45, 7) is 3.80. The minimum absolute atomic E-state index is 0.113. The third-order valence-corrected chi connectivity index (χ3v) is 5.88. The van der Waals surface area contributed by atoms with E-state index in [0.717, 1.165) is 17.1 Å². The van der Waals surface area contributed by atoms with E-state index in [1.165, 1.54) is 21.8 Å². The summed E-state index contributed by atoms with van der Waals surface area (Å²) >= 11 is 1.47. The maximum atomic E-state index is 12.8. The lowest BCUT2D eigenvalue weighted by atomic mass is 10.3. The molecule has 0 spiro atoms. The zero-order valence-corrected chi connectivity index (χ0v) is 13.8. The van der Waals surface area contributed by atoms with Crippen molar-refractivity contribution in [1.29, 1.82) is 0 Å². The monoisotopic (exact) mass is 340 g/mol. The highest BCUT2D eigenvalue weighted by Gasteiger charge is 2.28. The van der Waals surface area contributed by atoms with E-state index in [4.69, 9.17) is 5.11 Å². The highest BCUT2D eigenvalue weighted by molar-refractivity contribution is 7.89. The van der Waals surface area contributed by atoms with E-state index in [-0.39, 0.29) is 23.0 Å². The molecule has 0 aliphatic rings. The smallest absolute Gasteiger partial charge is 0.337 e. The molecule has 6 nitrogen and oxygen atoms in total. The number of hydrogen-bond acceptors (Lipinski definition) is 5. The molecular weight excluding hydrogens is 324 g/mol. The van der Waals surface area contributed by atoms with E-state index in [9.17, 15) is 13.2 Å². The first-order chi connectivity index (χ1) is 10.3. The summed E-state index contributed by atoms with van der Waals surface area (Å²) in [5.74, 6) is -1.21. The molecule has 0 aromatic carbocycles. The van der Waals surface area contributed by atoms with Crippen LogP contribution < -0.4 is 0 Å². The molecule has 8 heteroatoms. The van der Waals surface area contributed by atoms with E-state index in [1.54, 1.807) is 13.8 Å². The number of nitrogens with zero attached hydrogens (tertiary/aromatic N) is 2. The predicted octanol–water partition coefficient (Wildman–Crippen LogP) is 2.44. The van der Waals surface area contributed by atoms with Gasteiger partial charge in [-0.2, -0.15) is 4.31 Å². The summed E-state index contributed by atoms with van der Waals surface area (Å²) in [4.78, 5) is 15.5. The number of thiophene rings is 1. The Labute approximate surface area is 133 Å². The second-order valence-corrected chi connectivity index (χ2v) is 7.86.